The summed E-state index contributed by atoms with van der Waals surface area (Å²) in [5.74, 6) is 2.74. The van der Waals surface area contributed by atoms with Gasteiger partial charge in [0, 0.05) is 76.9 Å². The van der Waals surface area contributed by atoms with Crippen LogP contribution in [0.3, 0.4) is 0 Å². The first-order valence-electron chi connectivity index (χ1n) is 16.5. The molecule has 3 aromatic carbocycles. The van der Waals surface area contributed by atoms with Crippen molar-refractivity contribution in [1.82, 2.24) is 29.4 Å². The van der Waals surface area contributed by atoms with Gasteiger partial charge in [-0.3, -0.25) is 9.36 Å². The van der Waals surface area contributed by atoms with Gasteiger partial charge < -0.3 is 19.4 Å². The molecule has 0 unspecified atom stereocenters. The third kappa shape index (κ3) is 5.90. The molecule has 9 nitrogen and oxygen atoms in total. The van der Waals surface area contributed by atoms with Crippen LogP contribution in [0.5, 0.6) is 5.75 Å². The van der Waals surface area contributed by atoms with Crippen molar-refractivity contribution in [2.45, 2.75) is 48.1 Å². The second-order valence-corrected chi connectivity index (χ2v) is 14.9. The number of rotatable bonds is 1. The Labute approximate surface area is 298 Å². The second kappa shape index (κ2) is 13.4. The van der Waals surface area contributed by atoms with Gasteiger partial charge in [-0.25, -0.2) is 4.79 Å². The summed E-state index contributed by atoms with van der Waals surface area (Å²) in [5.41, 5.74) is 8.63. The number of hydrogen-bond acceptors (Lipinski definition) is 8. The van der Waals surface area contributed by atoms with Crippen molar-refractivity contribution in [2.75, 3.05) is 20.3 Å². The Morgan fingerprint density at radius 3 is 2.78 bits per heavy atom. The fourth-order valence-corrected chi connectivity index (χ4v) is 9.30. The zero-order valence-electron chi connectivity index (χ0n) is 27.7. The molecular formula is C37H37ClN6O3S2. The molecule has 0 atom stereocenters. The van der Waals surface area contributed by atoms with Crippen molar-refractivity contribution in [3.8, 4) is 16.9 Å². The minimum atomic E-state index is -0.369. The quantitative estimate of drug-likeness (QED) is 0.175. The SMILES string of the molecule is COC(=O)c1c2c3ccc(Cl)c(c3n1C)-c1c(nn3c1CNCC3)CSCc1cc(n(C)n1)CSc1cc(c3ccccc3c1)OCCC2. The molecular weight excluding hydrogens is 676 g/mol. The maximum absolute atomic E-state index is 13.4. The normalized spacial score (nSPS) is 15.4. The van der Waals surface area contributed by atoms with E-state index in [4.69, 9.17) is 31.3 Å². The Hall–Kier alpha value is -3.90. The first-order chi connectivity index (χ1) is 23.9. The second-order valence-electron chi connectivity index (χ2n) is 12.5. The van der Waals surface area contributed by atoms with E-state index in [1.807, 2.05) is 41.5 Å². The Morgan fingerprint density at radius 2 is 1.90 bits per heavy atom. The summed E-state index contributed by atoms with van der Waals surface area (Å²) < 4.78 is 17.9. The molecule has 2 aliphatic heterocycles. The van der Waals surface area contributed by atoms with Crippen LogP contribution >= 0.6 is 35.1 Å². The number of fused-ring (bicyclic) bond motifs is 10. The molecule has 0 spiro atoms. The molecule has 6 aromatic rings. The first-order valence-corrected chi connectivity index (χ1v) is 19.0. The summed E-state index contributed by atoms with van der Waals surface area (Å²) in [7, 11) is 5.39. The summed E-state index contributed by atoms with van der Waals surface area (Å²) >= 11 is 10.7. The van der Waals surface area contributed by atoms with Gasteiger partial charge in [-0.2, -0.15) is 10.2 Å². The van der Waals surface area contributed by atoms with Crippen LogP contribution < -0.4 is 10.1 Å². The lowest BCUT2D eigenvalue weighted by atomic mass is 9.97. The predicted octanol–water partition coefficient (Wildman–Crippen LogP) is 7.52. The van der Waals surface area contributed by atoms with E-state index in [2.05, 4.69) is 46.4 Å². The van der Waals surface area contributed by atoms with Gasteiger partial charge in [0.1, 0.15) is 11.4 Å². The first kappa shape index (κ1) is 32.3. The number of thioether (sulfide) groups is 2. The fraction of sp³-hybridized carbons (Fsp3) is 0.324. The van der Waals surface area contributed by atoms with Gasteiger partial charge in [0.25, 0.3) is 0 Å². The number of carbonyl (C=O) groups excluding carboxylic acids is 1. The molecule has 3 aromatic heterocycles. The number of aryl methyl sites for hydroxylation is 3. The van der Waals surface area contributed by atoms with Gasteiger partial charge in [0.15, 0.2) is 0 Å². The van der Waals surface area contributed by atoms with Gasteiger partial charge in [0.2, 0.25) is 0 Å². The van der Waals surface area contributed by atoms with E-state index in [9.17, 15) is 4.79 Å². The third-order valence-electron chi connectivity index (χ3n) is 9.49. The number of halogens is 1. The van der Waals surface area contributed by atoms with E-state index in [0.29, 0.717) is 42.5 Å². The number of benzene rings is 3. The summed E-state index contributed by atoms with van der Waals surface area (Å²) in [5, 5.41) is 17.4. The highest BCUT2D eigenvalue weighted by molar-refractivity contribution is 7.98. The van der Waals surface area contributed by atoms with Gasteiger partial charge in [-0.1, -0.05) is 41.9 Å². The van der Waals surface area contributed by atoms with Crippen LogP contribution in [0.4, 0.5) is 0 Å². The average molecular weight is 713 g/mol. The van der Waals surface area contributed by atoms with Crippen LogP contribution in [0.2, 0.25) is 5.02 Å². The molecule has 0 radical (unpaired) electrons. The molecule has 0 fully saturated rings. The summed E-state index contributed by atoms with van der Waals surface area (Å²) in [6.07, 6.45) is 1.34. The van der Waals surface area contributed by atoms with Crippen molar-refractivity contribution in [2.24, 2.45) is 14.1 Å². The van der Waals surface area contributed by atoms with E-state index in [0.717, 1.165) is 90.7 Å². The number of ether oxygens (including phenoxy) is 2. The van der Waals surface area contributed by atoms with E-state index in [1.165, 1.54) is 12.8 Å². The Bertz CT molecular complexity index is 2240. The number of nitrogens with zero attached hydrogens (tertiary/aromatic N) is 5. The van der Waals surface area contributed by atoms with Crippen LogP contribution in [0.1, 0.15) is 45.2 Å². The minimum absolute atomic E-state index is 0.369. The maximum atomic E-state index is 13.4. The van der Waals surface area contributed by atoms with Crippen molar-refractivity contribution in [1.29, 1.82) is 0 Å². The van der Waals surface area contributed by atoms with Crippen molar-refractivity contribution >= 4 is 62.8 Å². The Morgan fingerprint density at radius 1 is 1.02 bits per heavy atom. The highest BCUT2D eigenvalue weighted by atomic mass is 35.5. The van der Waals surface area contributed by atoms with Crippen molar-refractivity contribution < 1.29 is 14.3 Å². The summed E-state index contributed by atoms with van der Waals surface area (Å²) in [4.78, 5) is 14.6. The molecule has 252 valence electrons. The summed E-state index contributed by atoms with van der Waals surface area (Å²) in [6, 6.07) is 18.9. The smallest absolute Gasteiger partial charge is 0.354 e. The lowest BCUT2D eigenvalue weighted by Crippen LogP contribution is -2.28. The van der Waals surface area contributed by atoms with E-state index < -0.39 is 0 Å². The zero-order valence-corrected chi connectivity index (χ0v) is 30.1. The molecule has 1 N–H and O–H groups in total. The monoisotopic (exact) mass is 712 g/mol. The number of hydrogen-bond donors (Lipinski definition) is 1. The molecule has 49 heavy (non-hydrogen) atoms. The van der Waals surface area contributed by atoms with Crippen LogP contribution in [0.15, 0.2) is 59.5 Å². The number of esters is 1. The van der Waals surface area contributed by atoms with Crippen LogP contribution in [0, 0.1) is 0 Å². The highest BCUT2D eigenvalue weighted by Gasteiger charge is 2.29. The topological polar surface area (TPSA) is 88.1 Å². The average Bonchev–Trinajstić information content (AvgIpc) is 3.75. The predicted molar refractivity (Wildman–Crippen MR) is 198 cm³/mol. The van der Waals surface area contributed by atoms with Crippen LogP contribution in [-0.2, 0) is 55.6 Å². The van der Waals surface area contributed by atoms with Crippen molar-refractivity contribution in [3.63, 3.8) is 0 Å². The van der Waals surface area contributed by atoms with E-state index in [-0.39, 0.29) is 5.97 Å². The van der Waals surface area contributed by atoms with Gasteiger partial charge in [-0.15, -0.1) is 23.5 Å². The summed E-state index contributed by atoms with van der Waals surface area (Å²) in [6.45, 7) is 2.82. The van der Waals surface area contributed by atoms with Gasteiger partial charge in [-0.05, 0) is 48.1 Å². The van der Waals surface area contributed by atoms with Gasteiger partial charge >= 0.3 is 5.97 Å². The lowest BCUT2D eigenvalue weighted by Gasteiger charge is -2.17. The molecule has 0 saturated carbocycles. The molecule has 0 saturated heterocycles. The lowest BCUT2D eigenvalue weighted by molar-refractivity contribution is 0.0589. The standard InChI is InChI=1S/C37H37ClN6O3S2/c1-42-35-28-10-11-29(38)33(35)34-30(41-44-13-12-39-18-31(34)44)21-48-19-23-16-24(43(2)40-23)20-49-25-15-22-7-4-5-8-26(22)32(17-25)47-14-6-9-27(28)36(42)37(45)46-3/h4-5,7-8,10-11,15-17,39H,6,9,12-14,18-21H2,1-3H3. The molecule has 8 rings (SSSR count). The number of methoxy groups -OCH3 is 1. The highest BCUT2D eigenvalue weighted by Crippen LogP contribution is 2.43. The number of nitrogens with one attached hydrogen (secondary N) is 1. The molecule has 12 heteroatoms. The Balaban J connectivity index is 1.27. The van der Waals surface area contributed by atoms with E-state index in [1.54, 1.807) is 23.5 Å². The number of carbonyl (C=O) groups is 1. The van der Waals surface area contributed by atoms with Crippen LogP contribution in [0.25, 0.3) is 32.8 Å². The van der Waals surface area contributed by atoms with Crippen LogP contribution in [-0.4, -0.2) is 50.4 Å². The molecule has 2 aliphatic rings. The molecule has 5 heterocycles. The van der Waals surface area contributed by atoms with E-state index >= 15 is 0 Å². The molecule has 0 amide bonds. The van der Waals surface area contributed by atoms with Crippen molar-refractivity contribution in [3.05, 3.63) is 93.7 Å². The Kier molecular flexibility index (Phi) is 8.86. The largest absolute Gasteiger partial charge is 0.493 e. The number of aromatic nitrogens is 5. The molecule has 8 bridgehead atoms. The fourth-order valence-electron chi connectivity index (χ4n) is 7.22. The van der Waals surface area contributed by atoms with Gasteiger partial charge in [0.05, 0.1) is 47.9 Å². The molecule has 0 aliphatic carbocycles. The minimum Gasteiger partial charge on any atom is -0.493 e. The zero-order chi connectivity index (χ0) is 33.6. The maximum Gasteiger partial charge on any atom is 0.354 e. The third-order valence-corrected chi connectivity index (χ3v) is 11.8.